The van der Waals surface area contributed by atoms with Crippen LogP contribution < -0.4 is 4.74 Å². The highest BCUT2D eigenvalue weighted by Gasteiger charge is 2.02. The van der Waals surface area contributed by atoms with Crippen molar-refractivity contribution in [1.82, 2.24) is 0 Å². The standard InChI is InChI=1S/C11H13FO3/c1-15-10-6-8(5-9(12)7-10)3-2-4-11(13)14/h5-7H,2-4H2,1H3,(H,13,14). The number of aryl methyl sites for hydroxylation is 1. The molecule has 0 spiro atoms. The van der Waals surface area contributed by atoms with E-state index in [1.54, 1.807) is 6.07 Å². The number of methoxy groups -OCH3 is 1. The fourth-order valence-corrected chi connectivity index (χ4v) is 1.33. The van der Waals surface area contributed by atoms with Crippen LogP contribution in [0, 0.1) is 5.82 Å². The van der Waals surface area contributed by atoms with E-state index in [2.05, 4.69) is 0 Å². The number of carboxylic acid groups (broad SMARTS) is 1. The van der Waals surface area contributed by atoms with E-state index in [4.69, 9.17) is 9.84 Å². The Kier molecular flexibility index (Phi) is 4.09. The summed E-state index contributed by atoms with van der Waals surface area (Å²) in [5, 5.41) is 8.45. The van der Waals surface area contributed by atoms with E-state index in [0.29, 0.717) is 18.6 Å². The molecule has 0 atom stereocenters. The second-order valence-electron chi connectivity index (χ2n) is 3.25. The van der Waals surface area contributed by atoms with Gasteiger partial charge in [0.2, 0.25) is 0 Å². The normalized spacial score (nSPS) is 10.0. The highest BCUT2D eigenvalue weighted by Crippen LogP contribution is 2.17. The van der Waals surface area contributed by atoms with Gasteiger partial charge in [-0.1, -0.05) is 0 Å². The first-order valence-corrected chi connectivity index (χ1v) is 4.67. The number of hydrogen-bond acceptors (Lipinski definition) is 2. The lowest BCUT2D eigenvalue weighted by atomic mass is 10.1. The van der Waals surface area contributed by atoms with Gasteiger partial charge in [0.15, 0.2) is 0 Å². The molecule has 0 aromatic heterocycles. The lowest BCUT2D eigenvalue weighted by Gasteiger charge is -2.04. The summed E-state index contributed by atoms with van der Waals surface area (Å²) < 4.78 is 17.9. The van der Waals surface area contributed by atoms with Crippen molar-refractivity contribution in [2.75, 3.05) is 7.11 Å². The zero-order valence-corrected chi connectivity index (χ0v) is 8.50. The van der Waals surface area contributed by atoms with Crippen LogP contribution in [-0.2, 0) is 11.2 Å². The minimum atomic E-state index is -0.835. The van der Waals surface area contributed by atoms with Gasteiger partial charge in [-0.25, -0.2) is 4.39 Å². The first-order valence-electron chi connectivity index (χ1n) is 4.67. The summed E-state index contributed by atoms with van der Waals surface area (Å²) in [5.74, 6) is -0.738. The third-order valence-corrected chi connectivity index (χ3v) is 2.02. The Labute approximate surface area is 87.5 Å². The summed E-state index contributed by atoms with van der Waals surface area (Å²) in [6, 6.07) is 4.40. The van der Waals surface area contributed by atoms with Crippen molar-refractivity contribution in [1.29, 1.82) is 0 Å². The van der Waals surface area contributed by atoms with Crippen LogP contribution >= 0.6 is 0 Å². The zero-order chi connectivity index (χ0) is 11.3. The van der Waals surface area contributed by atoms with Crippen LogP contribution in [0.3, 0.4) is 0 Å². The van der Waals surface area contributed by atoms with Crippen molar-refractivity contribution < 1.29 is 19.0 Å². The maximum absolute atomic E-state index is 13.0. The second kappa shape index (κ2) is 5.34. The Balaban J connectivity index is 2.60. The molecular formula is C11H13FO3. The van der Waals surface area contributed by atoms with Gasteiger partial charge in [0.25, 0.3) is 0 Å². The summed E-state index contributed by atoms with van der Waals surface area (Å²) in [4.78, 5) is 10.3. The van der Waals surface area contributed by atoms with E-state index in [-0.39, 0.29) is 12.2 Å². The van der Waals surface area contributed by atoms with Gasteiger partial charge in [-0.3, -0.25) is 4.79 Å². The highest BCUT2D eigenvalue weighted by molar-refractivity contribution is 5.66. The summed E-state index contributed by atoms with van der Waals surface area (Å²) in [6.07, 6.45) is 1.14. The molecule has 1 aromatic carbocycles. The maximum Gasteiger partial charge on any atom is 0.303 e. The lowest BCUT2D eigenvalue weighted by molar-refractivity contribution is -0.137. The molecule has 0 aliphatic carbocycles. The van der Waals surface area contributed by atoms with Gasteiger partial charge >= 0.3 is 5.97 Å². The molecule has 1 rings (SSSR count). The molecule has 0 unspecified atom stereocenters. The molecule has 3 nitrogen and oxygen atoms in total. The molecule has 0 saturated heterocycles. The van der Waals surface area contributed by atoms with Gasteiger partial charge in [-0.2, -0.15) is 0 Å². The topological polar surface area (TPSA) is 46.5 Å². The van der Waals surface area contributed by atoms with E-state index >= 15 is 0 Å². The molecule has 0 aliphatic heterocycles. The van der Waals surface area contributed by atoms with Gasteiger partial charge < -0.3 is 9.84 Å². The number of benzene rings is 1. The Hall–Kier alpha value is -1.58. The molecule has 0 radical (unpaired) electrons. The number of rotatable bonds is 5. The van der Waals surface area contributed by atoms with E-state index < -0.39 is 5.97 Å². The molecule has 82 valence electrons. The molecule has 1 N–H and O–H groups in total. The van der Waals surface area contributed by atoms with Gasteiger partial charge in [0, 0.05) is 12.5 Å². The Bertz CT molecular complexity index is 350. The minimum Gasteiger partial charge on any atom is -0.497 e. The molecule has 15 heavy (non-hydrogen) atoms. The number of hydrogen-bond donors (Lipinski definition) is 1. The fourth-order valence-electron chi connectivity index (χ4n) is 1.33. The first-order chi connectivity index (χ1) is 7.11. The summed E-state index contributed by atoms with van der Waals surface area (Å²) in [6.45, 7) is 0. The largest absolute Gasteiger partial charge is 0.497 e. The molecule has 0 saturated carbocycles. The second-order valence-corrected chi connectivity index (χ2v) is 3.25. The van der Waals surface area contributed by atoms with Crippen molar-refractivity contribution in [3.63, 3.8) is 0 Å². The predicted molar refractivity (Wildman–Crippen MR) is 53.5 cm³/mol. The number of carbonyl (C=O) groups is 1. The zero-order valence-electron chi connectivity index (χ0n) is 8.50. The maximum atomic E-state index is 13.0. The average molecular weight is 212 g/mol. The van der Waals surface area contributed by atoms with Crippen molar-refractivity contribution in [3.8, 4) is 5.75 Å². The fraction of sp³-hybridized carbons (Fsp3) is 0.364. The average Bonchev–Trinajstić information content (AvgIpc) is 2.16. The van der Waals surface area contributed by atoms with Gasteiger partial charge in [0.1, 0.15) is 11.6 Å². The summed E-state index contributed by atoms with van der Waals surface area (Å²) in [5.41, 5.74) is 0.758. The molecule has 0 aliphatic rings. The van der Waals surface area contributed by atoms with Crippen LogP contribution in [0.5, 0.6) is 5.75 Å². The molecule has 0 amide bonds. The van der Waals surface area contributed by atoms with E-state index in [1.807, 2.05) is 0 Å². The van der Waals surface area contributed by atoms with Crippen LogP contribution in [0.1, 0.15) is 18.4 Å². The van der Waals surface area contributed by atoms with E-state index in [9.17, 15) is 9.18 Å². The number of halogens is 1. The Morgan fingerprint density at radius 3 is 2.80 bits per heavy atom. The van der Waals surface area contributed by atoms with Gasteiger partial charge in [-0.05, 0) is 30.5 Å². The molecular weight excluding hydrogens is 199 g/mol. The molecule has 1 aromatic rings. The molecule has 0 heterocycles. The number of aliphatic carboxylic acids is 1. The number of ether oxygens (including phenoxy) is 1. The summed E-state index contributed by atoms with van der Waals surface area (Å²) in [7, 11) is 1.47. The van der Waals surface area contributed by atoms with Crippen LogP contribution in [0.4, 0.5) is 4.39 Å². The summed E-state index contributed by atoms with van der Waals surface area (Å²) >= 11 is 0. The Morgan fingerprint density at radius 2 is 2.20 bits per heavy atom. The van der Waals surface area contributed by atoms with Crippen molar-refractivity contribution in [3.05, 3.63) is 29.6 Å². The molecule has 0 bridgehead atoms. The van der Waals surface area contributed by atoms with Crippen molar-refractivity contribution >= 4 is 5.97 Å². The van der Waals surface area contributed by atoms with Crippen LogP contribution in [-0.4, -0.2) is 18.2 Å². The van der Waals surface area contributed by atoms with Gasteiger partial charge in [-0.15, -0.1) is 0 Å². The van der Waals surface area contributed by atoms with Crippen molar-refractivity contribution in [2.24, 2.45) is 0 Å². The molecule has 0 fully saturated rings. The van der Waals surface area contributed by atoms with Crippen LogP contribution in [0.15, 0.2) is 18.2 Å². The van der Waals surface area contributed by atoms with Crippen molar-refractivity contribution in [2.45, 2.75) is 19.3 Å². The molecule has 4 heteroatoms. The quantitative estimate of drug-likeness (QED) is 0.814. The minimum absolute atomic E-state index is 0.0961. The van der Waals surface area contributed by atoms with Gasteiger partial charge in [0.05, 0.1) is 7.11 Å². The Morgan fingerprint density at radius 1 is 1.47 bits per heavy atom. The van der Waals surface area contributed by atoms with Crippen LogP contribution in [0.25, 0.3) is 0 Å². The van der Waals surface area contributed by atoms with Crippen LogP contribution in [0.2, 0.25) is 0 Å². The predicted octanol–water partition coefficient (Wildman–Crippen LogP) is 2.24. The lowest BCUT2D eigenvalue weighted by Crippen LogP contribution is -1.96. The highest BCUT2D eigenvalue weighted by atomic mass is 19.1. The monoisotopic (exact) mass is 212 g/mol. The number of carboxylic acids is 1. The smallest absolute Gasteiger partial charge is 0.303 e. The SMILES string of the molecule is COc1cc(F)cc(CCCC(=O)O)c1. The first kappa shape index (κ1) is 11.5. The van der Waals surface area contributed by atoms with E-state index in [0.717, 1.165) is 5.56 Å². The van der Waals surface area contributed by atoms with E-state index in [1.165, 1.54) is 19.2 Å². The third kappa shape index (κ3) is 3.97. The third-order valence-electron chi connectivity index (χ3n) is 2.02.